The first-order valence-corrected chi connectivity index (χ1v) is 11.0. The van der Waals surface area contributed by atoms with Gasteiger partial charge in [0.05, 0.1) is 5.52 Å². The summed E-state index contributed by atoms with van der Waals surface area (Å²) in [5.41, 5.74) is 2.55. The second-order valence-electron chi connectivity index (χ2n) is 8.60. The molecule has 5 nitrogen and oxygen atoms in total. The van der Waals surface area contributed by atoms with E-state index in [9.17, 15) is 4.79 Å². The number of amides is 1. The number of aromatic nitrogens is 2. The summed E-state index contributed by atoms with van der Waals surface area (Å²) in [4.78, 5) is 16.5. The van der Waals surface area contributed by atoms with Crippen molar-refractivity contribution in [3.8, 4) is 0 Å². The Morgan fingerprint density at radius 1 is 1.39 bits per heavy atom. The van der Waals surface area contributed by atoms with Crippen molar-refractivity contribution >= 4 is 33.9 Å². The van der Waals surface area contributed by atoms with E-state index in [-0.39, 0.29) is 11.9 Å². The van der Waals surface area contributed by atoms with Crippen LogP contribution in [0.4, 0.5) is 0 Å². The molecule has 3 fully saturated rings. The molecule has 0 aliphatic carbocycles. The van der Waals surface area contributed by atoms with Gasteiger partial charge in [0, 0.05) is 24.4 Å². The predicted octanol–water partition coefficient (Wildman–Crippen LogP) is 3.74. The smallest absolute Gasteiger partial charge is 0.272 e. The van der Waals surface area contributed by atoms with E-state index >= 15 is 0 Å². The number of piperidine rings is 3. The maximum atomic E-state index is 12.9. The van der Waals surface area contributed by atoms with Crippen molar-refractivity contribution in [2.24, 2.45) is 11.8 Å². The van der Waals surface area contributed by atoms with Crippen molar-refractivity contribution in [2.45, 2.75) is 52.0 Å². The zero-order valence-electron chi connectivity index (χ0n) is 16.8. The van der Waals surface area contributed by atoms with E-state index in [1.165, 1.54) is 25.9 Å². The van der Waals surface area contributed by atoms with Crippen LogP contribution in [0.5, 0.6) is 0 Å². The lowest BCUT2D eigenvalue weighted by Crippen LogP contribution is -2.57. The lowest BCUT2D eigenvalue weighted by Gasteiger charge is -2.44. The maximum absolute atomic E-state index is 12.9. The van der Waals surface area contributed by atoms with E-state index in [1.807, 2.05) is 6.07 Å². The van der Waals surface area contributed by atoms with E-state index in [4.69, 9.17) is 12.2 Å². The number of carbonyl (C=O) groups is 1. The van der Waals surface area contributed by atoms with Crippen molar-refractivity contribution < 1.29 is 4.79 Å². The Labute approximate surface area is 172 Å². The summed E-state index contributed by atoms with van der Waals surface area (Å²) >= 11 is 5.60. The molecular formula is C22H30N4OS. The van der Waals surface area contributed by atoms with Gasteiger partial charge in [-0.3, -0.25) is 9.89 Å². The van der Waals surface area contributed by atoms with Gasteiger partial charge < -0.3 is 10.2 Å². The third kappa shape index (κ3) is 4.13. The summed E-state index contributed by atoms with van der Waals surface area (Å²) in [6, 6.07) is 6.41. The molecule has 5 rings (SSSR count). The summed E-state index contributed by atoms with van der Waals surface area (Å²) in [5, 5.41) is 11.5. The molecule has 2 N–H and O–H groups in total. The first-order valence-electron chi connectivity index (χ1n) is 10.6. The SMILES string of the molecule is CCC(C)CC(=S)Cc1ccc2[nH]nc(C(=O)N[C@H]3CN4CCC3CC4)c2c1. The maximum Gasteiger partial charge on any atom is 0.272 e. The fourth-order valence-electron chi connectivity index (χ4n) is 4.54. The highest BCUT2D eigenvalue weighted by Crippen LogP contribution is 2.28. The van der Waals surface area contributed by atoms with Gasteiger partial charge in [-0.2, -0.15) is 5.10 Å². The molecule has 2 aromatic rings. The average Bonchev–Trinajstić information content (AvgIpc) is 3.12. The van der Waals surface area contributed by atoms with Gasteiger partial charge in [0.2, 0.25) is 0 Å². The Hall–Kier alpha value is -1.79. The van der Waals surface area contributed by atoms with Crippen LogP contribution >= 0.6 is 12.2 Å². The molecule has 6 heteroatoms. The van der Waals surface area contributed by atoms with Gasteiger partial charge in [-0.1, -0.05) is 38.6 Å². The lowest BCUT2D eigenvalue weighted by molar-refractivity contribution is 0.0618. The number of benzene rings is 1. The number of H-pyrrole nitrogens is 1. The molecule has 0 spiro atoms. The van der Waals surface area contributed by atoms with Gasteiger partial charge in [0.25, 0.3) is 5.91 Å². The highest BCUT2D eigenvalue weighted by atomic mass is 32.1. The number of aromatic amines is 1. The quantitative estimate of drug-likeness (QED) is 0.698. The van der Waals surface area contributed by atoms with E-state index in [1.54, 1.807) is 0 Å². The second-order valence-corrected chi connectivity index (χ2v) is 9.18. The molecule has 0 saturated carbocycles. The monoisotopic (exact) mass is 398 g/mol. The summed E-state index contributed by atoms with van der Waals surface area (Å²) in [6.45, 7) is 7.74. The largest absolute Gasteiger partial charge is 0.346 e. The summed E-state index contributed by atoms with van der Waals surface area (Å²) in [6.07, 6.45) is 5.27. The lowest BCUT2D eigenvalue weighted by atomic mass is 9.84. The van der Waals surface area contributed by atoms with Crippen LogP contribution in [0.1, 0.15) is 55.6 Å². The first-order chi connectivity index (χ1) is 13.5. The van der Waals surface area contributed by atoms with Crippen LogP contribution in [0.3, 0.4) is 0 Å². The van der Waals surface area contributed by atoms with Crippen molar-refractivity contribution in [1.29, 1.82) is 0 Å². The molecule has 3 aliphatic heterocycles. The fourth-order valence-corrected chi connectivity index (χ4v) is 4.99. The molecule has 2 atom stereocenters. The minimum absolute atomic E-state index is 0.0654. The van der Waals surface area contributed by atoms with Crippen LogP contribution in [0, 0.1) is 11.8 Å². The molecule has 4 heterocycles. The number of carbonyl (C=O) groups excluding carboxylic acids is 1. The van der Waals surface area contributed by atoms with Crippen LogP contribution in [-0.2, 0) is 6.42 Å². The van der Waals surface area contributed by atoms with Gasteiger partial charge in [-0.15, -0.1) is 0 Å². The number of hydrogen-bond acceptors (Lipinski definition) is 4. The van der Waals surface area contributed by atoms with E-state index in [2.05, 4.69) is 46.4 Å². The zero-order valence-corrected chi connectivity index (χ0v) is 17.6. The Balaban J connectivity index is 1.48. The van der Waals surface area contributed by atoms with Crippen molar-refractivity contribution in [3.05, 3.63) is 29.5 Å². The standard InChI is InChI=1S/C22H30N4OS/c1-3-14(2)10-17(28)11-15-4-5-19-18(12-15)21(25-24-19)22(27)23-20-13-26-8-6-16(20)7-9-26/h4-5,12,14,16,20H,3,6-11,13H2,1-2H3,(H,23,27)(H,24,25)/t14?,20-/m0/s1. The zero-order chi connectivity index (χ0) is 19.7. The molecule has 1 aromatic carbocycles. The Morgan fingerprint density at radius 2 is 2.18 bits per heavy atom. The number of thiocarbonyl (C=S) groups is 1. The van der Waals surface area contributed by atoms with E-state index < -0.39 is 0 Å². The number of fused-ring (bicyclic) bond motifs is 4. The van der Waals surface area contributed by atoms with Crippen LogP contribution in [-0.4, -0.2) is 51.5 Å². The molecule has 3 saturated heterocycles. The van der Waals surface area contributed by atoms with Gasteiger partial charge in [0.15, 0.2) is 5.69 Å². The number of nitrogens with one attached hydrogen (secondary N) is 2. The minimum Gasteiger partial charge on any atom is -0.346 e. The number of rotatable bonds is 7. The van der Waals surface area contributed by atoms with E-state index in [0.717, 1.165) is 47.1 Å². The summed E-state index contributed by atoms with van der Waals surface area (Å²) in [7, 11) is 0. The van der Waals surface area contributed by atoms with Crippen molar-refractivity contribution in [3.63, 3.8) is 0 Å². The molecule has 28 heavy (non-hydrogen) atoms. The highest BCUT2D eigenvalue weighted by Gasteiger charge is 2.35. The van der Waals surface area contributed by atoms with E-state index in [0.29, 0.717) is 17.5 Å². The van der Waals surface area contributed by atoms with Gasteiger partial charge in [-0.25, -0.2) is 0 Å². The molecule has 3 aliphatic rings. The summed E-state index contributed by atoms with van der Waals surface area (Å²) < 4.78 is 0. The highest BCUT2D eigenvalue weighted by molar-refractivity contribution is 7.80. The predicted molar refractivity (Wildman–Crippen MR) is 117 cm³/mol. The topological polar surface area (TPSA) is 61.0 Å². The number of hydrogen-bond donors (Lipinski definition) is 2. The van der Waals surface area contributed by atoms with Crippen molar-refractivity contribution in [1.82, 2.24) is 20.4 Å². The first kappa shape index (κ1) is 19.5. The third-order valence-corrected chi connectivity index (χ3v) is 6.80. The van der Waals surface area contributed by atoms with Crippen LogP contribution in [0.2, 0.25) is 0 Å². The average molecular weight is 399 g/mol. The van der Waals surface area contributed by atoms with Gasteiger partial charge in [0.1, 0.15) is 0 Å². The molecular weight excluding hydrogens is 368 g/mol. The Kier molecular flexibility index (Phi) is 5.78. The number of nitrogens with zero attached hydrogens (tertiary/aromatic N) is 2. The molecule has 1 unspecified atom stereocenters. The molecule has 2 bridgehead atoms. The molecule has 0 radical (unpaired) electrons. The van der Waals surface area contributed by atoms with Crippen LogP contribution < -0.4 is 5.32 Å². The summed E-state index contributed by atoms with van der Waals surface area (Å²) in [5.74, 6) is 1.16. The molecule has 150 valence electrons. The third-order valence-electron chi connectivity index (χ3n) is 6.49. The normalized spacial score (nSPS) is 25.0. The molecule has 1 amide bonds. The van der Waals surface area contributed by atoms with Crippen molar-refractivity contribution in [2.75, 3.05) is 19.6 Å². The van der Waals surface area contributed by atoms with Crippen LogP contribution in [0.25, 0.3) is 10.9 Å². The molecule has 1 aromatic heterocycles. The van der Waals surface area contributed by atoms with Gasteiger partial charge >= 0.3 is 0 Å². The minimum atomic E-state index is -0.0654. The Bertz CT molecular complexity index is 869. The Morgan fingerprint density at radius 3 is 2.86 bits per heavy atom. The van der Waals surface area contributed by atoms with Gasteiger partial charge in [-0.05, 0) is 66.7 Å². The second kappa shape index (κ2) is 8.29. The van der Waals surface area contributed by atoms with Crippen LogP contribution in [0.15, 0.2) is 18.2 Å². The fraction of sp³-hybridized carbons (Fsp3) is 0.591.